The molecule has 1 heterocycles. The molecule has 0 N–H and O–H groups in total. The van der Waals surface area contributed by atoms with Crippen LogP contribution in [0.3, 0.4) is 0 Å². The molecule has 1 aromatic heterocycles. The van der Waals surface area contributed by atoms with Crippen molar-refractivity contribution in [1.82, 2.24) is 0 Å². The maximum absolute atomic E-state index is 2.31. The molecular weight excluding hydrogens is 139 g/mol. The molecule has 0 spiro atoms. The van der Waals surface area contributed by atoms with Gasteiger partial charge >= 0.3 is 0 Å². The van der Waals surface area contributed by atoms with Crippen LogP contribution in [-0.2, 0) is 0 Å². The number of hydrogen-bond donors (Lipinski definition) is 0. The van der Waals surface area contributed by atoms with Gasteiger partial charge in [-0.3, -0.25) is 0 Å². The summed E-state index contributed by atoms with van der Waals surface area (Å²) in [5.74, 6) is 0. The molecular formula is C8H12BS. The molecule has 0 aliphatic rings. The van der Waals surface area contributed by atoms with E-state index < -0.39 is 0 Å². The Labute approximate surface area is 67.5 Å². The van der Waals surface area contributed by atoms with Gasteiger partial charge in [0, 0.05) is 0 Å². The Balaban J connectivity index is 2.15. The van der Waals surface area contributed by atoms with E-state index in [9.17, 15) is 0 Å². The fourth-order valence-corrected chi connectivity index (χ4v) is 1.54. The molecule has 53 valence electrons. The molecule has 0 nitrogen and oxygen atoms in total. The van der Waals surface area contributed by atoms with Crippen LogP contribution < -0.4 is 4.78 Å². The quantitative estimate of drug-likeness (QED) is 0.457. The first-order chi connectivity index (χ1) is 4.93. The topological polar surface area (TPSA) is 0 Å². The van der Waals surface area contributed by atoms with Gasteiger partial charge in [0.15, 0.2) is 7.28 Å². The third-order valence-corrected chi connectivity index (χ3v) is 2.31. The van der Waals surface area contributed by atoms with Crippen LogP contribution in [0.15, 0.2) is 17.5 Å². The standard InChI is InChI=1S/C8H12BS/c1-2-3-6-9-8-5-4-7-10-8/h4-5,7H,2-3,6H2,1H3. The van der Waals surface area contributed by atoms with Gasteiger partial charge in [-0.25, -0.2) is 0 Å². The van der Waals surface area contributed by atoms with Crippen LogP contribution in [0.4, 0.5) is 0 Å². The molecule has 0 amide bonds. The van der Waals surface area contributed by atoms with Gasteiger partial charge in [0.1, 0.15) is 0 Å². The van der Waals surface area contributed by atoms with Crippen LogP contribution in [0.1, 0.15) is 19.8 Å². The van der Waals surface area contributed by atoms with E-state index in [1.807, 2.05) is 11.3 Å². The summed E-state index contributed by atoms with van der Waals surface area (Å²) in [6.45, 7) is 2.22. The van der Waals surface area contributed by atoms with E-state index in [4.69, 9.17) is 0 Å². The van der Waals surface area contributed by atoms with E-state index in [0.717, 1.165) is 0 Å². The van der Waals surface area contributed by atoms with Crippen molar-refractivity contribution in [2.24, 2.45) is 0 Å². The third kappa shape index (κ3) is 2.57. The highest BCUT2D eigenvalue weighted by atomic mass is 32.1. The first-order valence-corrected chi connectivity index (χ1v) is 4.68. The zero-order valence-corrected chi connectivity index (χ0v) is 7.16. The van der Waals surface area contributed by atoms with Crippen LogP contribution in [0.5, 0.6) is 0 Å². The molecule has 0 fully saturated rings. The number of hydrogen-bond acceptors (Lipinski definition) is 1. The molecule has 0 bridgehead atoms. The van der Waals surface area contributed by atoms with E-state index in [2.05, 4.69) is 31.7 Å². The maximum atomic E-state index is 2.31. The lowest BCUT2D eigenvalue weighted by Gasteiger charge is -1.91. The van der Waals surface area contributed by atoms with Crippen LogP contribution >= 0.6 is 11.3 Å². The smallest absolute Gasteiger partial charge is 0.160 e. The first-order valence-electron chi connectivity index (χ1n) is 3.80. The highest BCUT2D eigenvalue weighted by molar-refractivity contribution is 7.19. The summed E-state index contributed by atoms with van der Waals surface area (Å²) in [4.78, 5) is 0. The lowest BCUT2D eigenvalue weighted by Crippen LogP contribution is -2.07. The van der Waals surface area contributed by atoms with Crippen LogP contribution in [-0.4, -0.2) is 7.28 Å². The summed E-state index contributed by atoms with van der Waals surface area (Å²) >= 11 is 1.82. The van der Waals surface area contributed by atoms with Gasteiger partial charge in [0.05, 0.1) is 0 Å². The summed E-state index contributed by atoms with van der Waals surface area (Å²) in [7, 11) is 2.31. The van der Waals surface area contributed by atoms with Crippen molar-refractivity contribution in [2.75, 3.05) is 0 Å². The second-order valence-electron chi connectivity index (χ2n) is 2.36. The van der Waals surface area contributed by atoms with E-state index in [1.54, 1.807) is 0 Å². The van der Waals surface area contributed by atoms with Crippen molar-refractivity contribution in [3.8, 4) is 0 Å². The molecule has 1 aromatic rings. The van der Waals surface area contributed by atoms with Crippen LogP contribution in [0.2, 0.25) is 6.32 Å². The maximum Gasteiger partial charge on any atom is 0.165 e. The second kappa shape index (κ2) is 4.56. The summed E-state index contributed by atoms with van der Waals surface area (Å²) in [6, 6.07) is 4.27. The SMILES string of the molecule is CCCC[B]c1cccs1. The van der Waals surface area contributed by atoms with Crippen molar-refractivity contribution in [2.45, 2.75) is 26.1 Å². The van der Waals surface area contributed by atoms with Crippen LogP contribution in [0.25, 0.3) is 0 Å². The highest BCUT2D eigenvalue weighted by Crippen LogP contribution is 1.97. The highest BCUT2D eigenvalue weighted by Gasteiger charge is 1.93. The van der Waals surface area contributed by atoms with Gasteiger partial charge in [0.2, 0.25) is 0 Å². The summed E-state index contributed by atoms with van der Waals surface area (Å²) in [5, 5.41) is 2.12. The zero-order valence-electron chi connectivity index (χ0n) is 6.34. The van der Waals surface area contributed by atoms with E-state index in [-0.39, 0.29) is 0 Å². The molecule has 1 radical (unpaired) electrons. The van der Waals surface area contributed by atoms with Crippen molar-refractivity contribution in [3.05, 3.63) is 17.5 Å². The van der Waals surface area contributed by atoms with Crippen LogP contribution in [0, 0.1) is 0 Å². The second-order valence-corrected chi connectivity index (χ2v) is 3.34. The molecule has 0 saturated heterocycles. The molecule has 10 heavy (non-hydrogen) atoms. The predicted octanol–water partition coefficient (Wildman–Crippen LogP) is 2.30. The number of thiophene rings is 1. The van der Waals surface area contributed by atoms with Gasteiger partial charge in [0.25, 0.3) is 0 Å². The van der Waals surface area contributed by atoms with Crippen molar-refractivity contribution >= 4 is 23.4 Å². The average Bonchev–Trinajstić information content (AvgIpc) is 2.41. The molecule has 0 aliphatic carbocycles. The molecule has 2 heteroatoms. The molecule has 0 aliphatic heterocycles. The van der Waals surface area contributed by atoms with Crippen molar-refractivity contribution in [1.29, 1.82) is 0 Å². The van der Waals surface area contributed by atoms with E-state index in [1.165, 1.54) is 23.9 Å². The van der Waals surface area contributed by atoms with Gasteiger partial charge in [-0.05, 0) is 10.2 Å². The Morgan fingerprint density at radius 3 is 3.10 bits per heavy atom. The Morgan fingerprint density at radius 1 is 1.60 bits per heavy atom. The van der Waals surface area contributed by atoms with Crippen molar-refractivity contribution in [3.63, 3.8) is 0 Å². The Hall–Kier alpha value is -0.235. The monoisotopic (exact) mass is 151 g/mol. The van der Waals surface area contributed by atoms with Gasteiger partial charge in [-0.1, -0.05) is 38.2 Å². The summed E-state index contributed by atoms with van der Waals surface area (Å²) < 4.78 is 1.41. The third-order valence-electron chi connectivity index (χ3n) is 1.45. The predicted molar refractivity (Wildman–Crippen MR) is 49.4 cm³/mol. The zero-order chi connectivity index (χ0) is 7.23. The van der Waals surface area contributed by atoms with E-state index >= 15 is 0 Å². The Morgan fingerprint density at radius 2 is 2.50 bits per heavy atom. The largest absolute Gasteiger partial charge is 0.165 e. The summed E-state index contributed by atoms with van der Waals surface area (Å²) in [5.41, 5.74) is 0. The van der Waals surface area contributed by atoms with Gasteiger partial charge in [-0.15, -0.1) is 0 Å². The van der Waals surface area contributed by atoms with E-state index in [0.29, 0.717) is 0 Å². The Kier molecular flexibility index (Phi) is 3.59. The minimum Gasteiger partial charge on any atom is -0.160 e. The fraction of sp³-hybridized carbons (Fsp3) is 0.500. The lowest BCUT2D eigenvalue weighted by molar-refractivity contribution is 0.881. The lowest BCUT2D eigenvalue weighted by atomic mass is 9.72. The first kappa shape index (κ1) is 7.87. The molecule has 0 unspecified atom stereocenters. The molecule has 0 atom stereocenters. The average molecular weight is 151 g/mol. The Bertz CT molecular complexity index is 158. The van der Waals surface area contributed by atoms with Gasteiger partial charge < -0.3 is 0 Å². The van der Waals surface area contributed by atoms with Gasteiger partial charge in [-0.2, -0.15) is 11.3 Å². The molecule has 0 saturated carbocycles. The summed E-state index contributed by atoms with van der Waals surface area (Å²) in [6.07, 6.45) is 3.84. The number of rotatable bonds is 4. The molecule has 1 rings (SSSR count). The normalized spacial score (nSPS) is 9.70. The molecule has 0 aromatic carbocycles. The number of unbranched alkanes of at least 4 members (excludes halogenated alkanes) is 1. The minimum absolute atomic E-state index is 1.23. The minimum atomic E-state index is 1.23. The van der Waals surface area contributed by atoms with Crippen molar-refractivity contribution < 1.29 is 0 Å². The fourth-order valence-electron chi connectivity index (χ4n) is 0.856.